The van der Waals surface area contributed by atoms with Crippen molar-refractivity contribution in [2.75, 3.05) is 20.5 Å². The molecule has 4 nitrogen and oxygen atoms in total. The van der Waals surface area contributed by atoms with Gasteiger partial charge < -0.3 is 19.3 Å². The summed E-state index contributed by atoms with van der Waals surface area (Å²) in [7, 11) is 1.57. The van der Waals surface area contributed by atoms with Crippen molar-refractivity contribution in [2.45, 2.75) is 26.4 Å². The maximum Gasteiger partial charge on any atom is 0.188 e. The van der Waals surface area contributed by atoms with E-state index in [1.807, 2.05) is 37.3 Å². The van der Waals surface area contributed by atoms with E-state index in [9.17, 15) is 5.11 Å². The number of rotatable bonds is 9. The molecule has 0 spiro atoms. The van der Waals surface area contributed by atoms with E-state index in [2.05, 4.69) is 12.1 Å². The average Bonchev–Trinajstić information content (AvgIpc) is 2.60. The van der Waals surface area contributed by atoms with E-state index in [0.717, 1.165) is 24.2 Å². The zero-order valence-corrected chi connectivity index (χ0v) is 13.7. The molecule has 1 N–H and O–H groups in total. The molecule has 0 radical (unpaired) electrons. The molecule has 0 aromatic heterocycles. The summed E-state index contributed by atoms with van der Waals surface area (Å²) >= 11 is 0. The van der Waals surface area contributed by atoms with E-state index >= 15 is 0 Å². The summed E-state index contributed by atoms with van der Waals surface area (Å²) in [5.41, 5.74) is 3.22. The van der Waals surface area contributed by atoms with Crippen LogP contribution in [0.2, 0.25) is 0 Å². The lowest BCUT2D eigenvalue weighted by Crippen LogP contribution is -2.03. The van der Waals surface area contributed by atoms with Gasteiger partial charge in [-0.2, -0.15) is 0 Å². The quantitative estimate of drug-likeness (QED) is 0.721. The molecule has 0 heterocycles. The Morgan fingerprint density at radius 1 is 0.913 bits per heavy atom. The normalized spacial score (nSPS) is 10.6. The zero-order chi connectivity index (χ0) is 16.5. The second kappa shape index (κ2) is 9.18. The fourth-order valence-corrected chi connectivity index (χ4v) is 2.38. The van der Waals surface area contributed by atoms with Gasteiger partial charge in [-0.1, -0.05) is 18.2 Å². The van der Waals surface area contributed by atoms with Crippen LogP contribution in [-0.4, -0.2) is 25.6 Å². The van der Waals surface area contributed by atoms with Gasteiger partial charge in [0, 0.05) is 12.7 Å². The highest BCUT2D eigenvalue weighted by molar-refractivity contribution is 5.37. The van der Waals surface area contributed by atoms with Crippen molar-refractivity contribution in [1.82, 2.24) is 0 Å². The van der Waals surface area contributed by atoms with Gasteiger partial charge in [-0.3, -0.25) is 0 Å². The monoisotopic (exact) mass is 316 g/mol. The predicted octanol–water partition coefficient (Wildman–Crippen LogP) is 3.35. The van der Waals surface area contributed by atoms with Crippen LogP contribution in [-0.2, 0) is 24.2 Å². The van der Waals surface area contributed by atoms with Crippen LogP contribution in [0.3, 0.4) is 0 Å². The smallest absolute Gasteiger partial charge is 0.188 e. The average molecular weight is 316 g/mol. The Bertz CT molecular complexity index is 593. The maximum absolute atomic E-state index is 9.47. The van der Waals surface area contributed by atoms with Crippen LogP contribution in [0.5, 0.6) is 11.5 Å². The first-order valence-corrected chi connectivity index (χ1v) is 7.83. The molecule has 0 aliphatic rings. The van der Waals surface area contributed by atoms with Crippen LogP contribution < -0.4 is 9.47 Å². The maximum atomic E-state index is 9.47. The fraction of sp³-hybridized carbons (Fsp3) is 0.368. The van der Waals surface area contributed by atoms with Crippen molar-refractivity contribution in [1.29, 1.82) is 0 Å². The van der Waals surface area contributed by atoms with Gasteiger partial charge in [0.15, 0.2) is 6.79 Å². The Morgan fingerprint density at radius 2 is 1.61 bits per heavy atom. The van der Waals surface area contributed by atoms with Crippen molar-refractivity contribution < 1.29 is 19.3 Å². The largest absolute Gasteiger partial charge is 0.494 e. The molecule has 0 aliphatic heterocycles. The van der Waals surface area contributed by atoms with Gasteiger partial charge >= 0.3 is 0 Å². The number of hydrogen-bond acceptors (Lipinski definition) is 4. The number of hydrogen-bond donors (Lipinski definition) is 1. The molecule has 124 valence electrons. The Kier molecular flexibility index (Phi) is 6.91. The number of ether oxygens (including phenoxy) is 3. The van der Waals surface area contributed by atoms with Gasteiger partial charge in [0.2, 0.25) is 0 Å². The molecular formula is C19H24O4. The van der Waals surface area contributed by atoms with E-state index < -0.39 is 0 Å². The van der Waals surface area contributed by atoms with Crippen molar-refractivity contribution >= 4 is 0 Å². The fourth-order valence-electron chi connectivity index (χ4n) is 2.38. The molecular weight excluding hydrogens is 292 g/mol. The van der Waals surface area contributed by atoms with Crippen molar-refractivity contribution in [3.05, 3.63) is 59.2 Å². The SMILES string of the molecule is CCOc1ccc(CCc2ccc(OCOC)c(CO)c2)cc1. The number of benzene rings is 2. The summed E-state index contributed by atoms with van der Waals surface area (Å²) in [4.78, 5) is 0. The van der Waals surface area contributed by atoms with Crippen LogP contribution in [0, 0.1) is 0 Å². The van der Waals surface area contributed by atoms with Gasteiger partial charge in [0.05, 0.1) is 13.2 Å². The predicted molar refractivity (Wildman–Crippen MR) is 89.9 cm³/mol. The van der Waals surface area contributed by atoms with Crippen LogP contribution in [0.25, 0.3) is 0 Å². The first-order valence-electron chi connectivity index (χ1n) is 7.83. The molecule has 2 aromatic carbocycles. The summed E-state index contributed by atoms with van der Waals surface area (Å²) < 4.78 is 15.8. The minimum atomic E-state index is -0.0457. The van der Waals surface area contributed by atoms with Crippen molar-refractivity contribution in [3.8, 4) is 11.5 Å². The highest BCUT2D eigenvalue weighted by Crippen LogP contribution is 2.22. The molecule has 0 saturated carbocycles. The van der Waals surface area contributed by atoms with Gasteiger partial charge in [0.1, 0.15) is 11.5 Å². The summed E-state index contributed by atoms with van der Waals surface area (Å²) in [6.07, 6.45) is 1.85. The molecule has 0 aliphatic carbocycles. The van der Waals surface area contributed by atoms with Gasteiger partial charge in [0.25, 0.3) is 0 Å². The highest BCUT2D eigenvalue weighted by atomic mass is 16.7. The summed E-state index contributed by atoms with van der Waals surface area (Å²) in [5, 5.41) is 9.47. The molecule has 4 heteroatoms. The lowest BCUT2D eigenvalue weighted by atomic mass is 10.0. The zero-order valence-electron chi connectivity index (χ0n) is 13.7. The number of aryl methyl sites for hydroxylation is 2. The van der Waals surface area contributed by atoms with Crippen LogP contribution >= 0.6 is 0 Å². The van der Waals surface area contributed by atoms with Crippen molar-refractivity contribution in [3.63, 3.8) is 0 Å². The third-order valence-electron chi connectivity index (χ3n) is 3.56. The standard InChI is InChI=1S/C19H24O4/c1-3-22-18-9-6-15(7-10-18)4-5-16-8-11-19(23-14-21-2)17(12-16)13-20/h6-12,20H,3-5,13-14H2,1-2H3. The minimum Gasteiger partial charge on any atom is -0.494 e. The van der Waals surface area contributed by atoms with Gasteiger partial charge in [-0.15, -0.1) is 0 Å². The first-order chi connectivity index (χ1) is 11.3. The summed E-state index contributed by atoms with van der Waals surface area (Å²) in [5.74, 6) is 1.57. The summed E-state index contributed by atoms with van der Waals surface area (Å²) in [6, 6.07) is 14.1. The van der Waals surface area contributed by atoms with Crippen LogP contribution in [0.1, 0.15) is 23.6 Å². The Morgan fingerprint density at radius 3 is 2.26 bits per heavy atom. The highest BCUT2D eigenvalue weighted by Gasteiger charge is 2.05. The first kappa shape index (κ1) is 17.3. The van der Waals surface area contributed by atoms with E-state index in [1.165, 1.54) is 11.1 Å². The molecule has 0 atom stereocenters. The molecule has 0 bridgehead atoms. The van der Waals surface area contributed by atoms with Gasteiger partial charge in [-0.25, -0.2) is 0 Å². The molecule has 2 aromatic rings. The van der Waals surface area contributed by atoms with E-state index in [-0.39, 0.29) is 13.4 Å². The topological polar surface area (TPSA) is 47.9 Å². The summed E-state index contributed by atoms with van der Waals surface area (Å²) in [6.45, 7) is 2.79. The molecule has 0 fully saturated rings. The lowest BCUT2D eigenvalue weighted by molar-refractivity contribution is 0.0495. The third-order valence-corrected chi connectivity index (χ3v) is 3.56. The van der Waals surface area contributed by atoms with Crippen LogP contribution in [0.4, 0.5) is 0 Å². The molecule has 0 unspecified atom stereocenters. The van der Waals surface area contributed by atoms with Gasteiger partial charge in [-0.05, 0) is 55.2 Å². The lowest BCUT2D eigenvalue weighted by Gasteiger charge is -2.11. The number of aliphatic hydroxyl groups excluding tert-OH is 1. The molecule has 0 saturated heterocycles. The minimum absolute atomic E-state index is 0.0457. The second-order valence-electron chi connectivity index (χ2n) is 5.23. The van der Waals surface area contributed by atoms with E-state index in [4.69, 9.17) is 14.2 Å². The molecule has 23 heavy (non-hydrogen) atoms. The molecule has 2 rings (SSSR count). The Hall–Kier alpha value is -2.04. The second-order valence-corrected chi connectivity index (χ2v) is 5.23. The molecule has 0 amide bonds. The van der Waals surface area contributed by atoms with E-state index in [0.29, 0.717) is 12.4 Å². The number of methoxy groups -OCH3 is 1. The number of aliphatic hydroxyl groups is 1. The van der Waals surface area contributed by atoms with Crippen molar-refractivity contribution in [2.24, 2.45) is 0 Å². The Balaban J connectivity index is 1.97. The Labute approximate surface area is 137 Å². The van der Waals surface area contributed by atoms with E-state index in [1.54, 1.807) is 7.11 Å². The third kappa shape index (κ3) is 5.27. The van der Waals surface area contributed by atoms with Crippen LogP contribution in [0.15, 0.2) is 42.5 Å².